The highest BCUT2D eigenvalue weighted by atomic mass is 16.6. The van der Waals surface area contributed by atoms with Gasteiger partial charge in [0.2, 0.25) is 0 Å². The second-order valence-corrected chi connectivity index (χ2v) is 9.40. The predicted octanol–water partition coefficient (Wildman–Crippen LogP) is 4.07. The van der Waals surface area contributed by atoms with E-state index in [9.17, 15) is 9.59 Å². The lowest BCUT2D eigenvalue weighted by Crippen LogP contribution is -2.45. The van der Waals surface area contributed by atoms with Crippen molar-refractivity contribution in [3.8, 4) is 0 Å². The topological polar surface area (TPSA) is 52.6 Å². The molecule has 0 amide bonds. The number of hydrogen-bond donors (Lipinski definition) is 0. The van der Waals surface area contributed by atoms with E-state index in [0.717, 1.165) is 6.42 Å². The fraction of sp³-hybridized carbons (Fsp3) is 0.905. The van der Waals surface area contributed by atoms with E-state index < -0.39 is 5.60 Å². The van der Waals surface area contributed by atoms with Crippen LogP contribution in [0, 0.1) is 47.3 Å². The molecule has 8 unspecified atom stereocenters. The standard InChI is InChI=1S/C21H34O4/c1-7-11-9-12(8-2)16-14-10-13(15(11)16)17(19(22)24-6)18(14)20(23)25-21(3,4)5/h11-18H,7-10H2,1-6H3. The van der Waals surface area contributed by atoms with Gasteiger partial charge < -0.3 is 9.47 Å². The Labute approximate surface area is 152 Å². The van der Waals surface area contributed by atoms with Crippen molar-refractivity contribution in [1.29, 1.82) is 0 Å². The van der Waals surface area contributed by atoms with Gasteiger partial charge in [-0.1, -0.05) is 26.7 Å². The Bertz CT molecular complexity index is 535. The molecule has 0 radical (unpaired) electrons. The first-order valence-electron chi connectivity index (χ1n) is 10.0. The minimum Gasteiger partial charge on any atom is -0.469 e. The molecule has 8 atom stereocenters. The number of rotatable bonds is 4. The van der Waals surface area contributed by atoms with Crippen LogP contribution < -0.4 is 0 Å². The molecule has 0 aromatic carbocycles. The molecule has 25 heavy (non-hydrogen) atoms. The fourth-order valence-electron chi connectivity index (χ4n) is 6.56. The van der Waals surface area contributed by atoms with E-state index in [4.69, 9.17) is 9.47 Å². The smallest absolute Gasteiger partial charge is 0.310 e. The lowest BCUT2D eigenvalue weighted by atomic mass is 9.65. The fourth-order valence-corrected chi connectivity index (χ4v) is 6.56. The molecule has 3 aliphatic rings. The first kappa shape index (κ1) is 18.7. The zero-order valence-corrected chi connectivity index (χ0v) is 16.6. The molecular weight excluding hydrogens is 316 g/mol. The molecule has 2 bridgehead atoms. The quantitative estimate of drug-likeness (QED) is 0.717. The predicted molar refractivity (Wildman–Crippen MR) is 95.6 cm³/mol. The third-order valence-electron chi connectivity index (χ3n) is 7.18. The molecular formula is C21H34O4. The van der Waals surface area contributed by atoms with Crippen molar-refractivity contribution in [2.24, 2.45) is 47.3 Å². The minimum atomic E-state index is -0.523. The van der Waals surface area contributed by atoms with Crippen LogP contribution >= 0.6 is 0 Å². The number of esters is 2. The summed E-state index contributed by atoms with van der Waals surface area (Å²) in [5, 5.41) is 0. The van der Waals surface area contributed by atoms with Gasteiger partial charge in [0.05, 0.1) is 18.9 Å². The Morgan fingerprint density at radius 2 is 1.36 bits per heavy atom. The highest BCUT2D eigenvalue weighted by molar-refractivity contribution is 5.84. The molecule has 3 rings (SSSR count). The summed E-state index contributed by atoms with van der Waals surface area (Å²) in [6.45, 7) is 10.2. The molecule has 3 saturated carbocycles. The van der Waals surface area contributed by atoms with Crippen LogP contribution in [0.3, 0.4) is 0 Å². The van der Waals surface area contributed by atoms with Crippen molar-refractivity contribution in [2.75, 3.05) is 7.11 Å². The Morgan fingerprint density at radius 3 is 1.76 bits per heavy atom. The maximum absolute atomic E-state index is 13.0. The van der Waals surface area contributed by atoms with Crippen molar-refractivity contribution in [1.82, 2.24) is 0 Å². The summed E-state index contributed by atoms with van der Waals surface area (Å²) in [6.07, 6.45) is 4.59. The lowest BCUT2D eigenvalue weighted by molar-refractivity contribution is -0.172. The number of fused-ring (bicyclic) bond motifs is 5. The van der Waals surface area contributed by atoms with Gasteiger partial charge in [0.15, 0.2) is 0 Å². The summed E-state index contributed by atoms with van der Waals surface area (Å²) < 4.78 is 10.8. The van der Waals surface area contributed by atoms with Crippen LogP contribution in [-0.2, 0) is 19.1 Å². The van der Waals surface area contributed by atoms with E-state index in [-0.39, 0.29) is 29.7 Å². The van der Waals surface area contributed by atoms with Gasteiger partial charge in [-0.2, -0.15) is 0 Å². The molecule has 4 heteroatoms. The van der Waals surface area contributed by atoms with Crippen molar-refractivity contribution in [2.45, 2.75) is 65.9 Å². The maximum atomic E-state index is 13.0. The summed E-state index contributed by atoms with van der Waals surface area (Å²) in [4.78, 5) is 25.6. The van der Waals surface area contributed by atoms with E-state index in [1.54, 1.807) is 0 Å². The van der Waals surface area contributed by atoms with Crippen molar-refractivity contribution in [3.05, 3.63) is 0 Å². The second-order valence-electron chi connectivity index (χ2n) is 9.40. The van der Waals surface area contributed by atoms with Crippen LogP contribution in [-0.4, -0.2) is 24.6 Å². The number of ether oxygens (including phenoxy) is 2. The molecule has 0 aliphatic heterocycles. The van der Waals surface area contributed by atoms with Crippen LogP contribution in [0.15, 0.2) is 0 Å². The van der Waals surface area contributed by atoms with Gasteiger partial charge in [-0.05, 0) is 69.1 Å². The van der Waals surface area contributed by atoms with Crippen LogP contribution in [0.2, 0.25) is 0 Å². The Kier molecular flexibility index (Phi) is 4.93. The van der Waals surface area contributed by atoms with Gasteiger partial charge in [-0.25, -0.2) is 0 Å². The van der Waals surface area contributed by atoms with E-state index >= 15 is 0 Å². The highest BCUT2D eigenvalue weighted by Crippen LogP contribution is 2.67. The van der Waals surface area contributed by atoms with Crippen LogP contribution in [0.25, 0.3) is 0 Å². The van der Waals surface area contributed by atoms with Crippen LogP contribution in [0.5, 0.6) is 0 Å². The number of methoxy groups -OCH3 is 1. The van der Waals surface area contributed by atoms with Crippen LogP contribution in [0.1, 0.15) is 60.3 Å². The zero-order chi connectivity index (χ0) is 18.5. The van der Waals surface area contributed by atoms with Gasteiger partial charge in [0.1, 0.15) is 5.60 Å². The summed E-state index contributed by atoms with van der Waals surface area (Å²) in [5.41, 5.74) is -0.523. The number of carbonyl (C=O) groups excluding carboxylic acids is 2. The molecule has 0 spiro atoms. The average molecular weight is 350 g/mol. The Hall–Kier alpha value is -1.06. The Balaban J connectivity index is 1.93. The van der Waals surface area contributed by atoms with Crippen molar-refractivity contribution >= 4 is 11.9 Å². The number of carbonyl (C=O) groups is 2. The minimum absolute atomic E-state index is 0.191. The normalized spacial score (nSPS) is 42.3. The first-order chi connectivity index (χ1) is 11.7. The second kappa shape index (κ2) is 6.59. The Morgan fingerprint density at radius 1 is 0.880 bits per heavy atom. The molecule has 142 valence electrons. The summed E-state index contributed by atoms with van der Waals surface area (Å²) >= 11 is 0. The molecule has 0 N–H and O–H groups in total. The van der Waals surface area contributed by atoms with Crippen molar-refractivity contribution in [3.63, 3.8) is 0 Å². The van der Waals surface area contributed by atoms with Gasteiger partial charge in [0, 0.05) is 0 Å². The molecule has 3 fully saturated rings. The third-order valence-corrected chi connectivity index (χ3v) is 7.18. The molecule has 0 heterocycles. The number of hydrogen-bond acceptors (Lipinski definition) is 4. The molecule has 4 nitrogen and oxygen atoms in total. The maximum Gasteiger partial charge on any atom is 0.310 e. The first-order valence-corrected chi connectivity index (χ1v) is 10.0. The summed E-state index contributed by atoms with van der Waals surface area (Å²) in [5.74, 6) is 2.10. The van der Waals surface area contributed by atoms with E-state index in [1.807, 2.05) is 20.8 Å². The highest BCUT2D eigenvalue weighted by Gasteiger charge is 2.67. The monoisotopic (exact) mass is 350 g/mol. The summed E-state index contributed by atoms with van der Waals surface area (Å²) in [6, 6.07) is 0. The molecule has 0 aromatic heterocycles. The van der Waals surface area contributed by atoms with Gasteiger partial charge >= 0.3 is 11.9 Å². The third kappa shape index (κ3) is 3.00. The van der Waals surface area contributed by atoms with Crippen molar-refractivity contribution < 1.29 is 19.1 Å². The zero-order valence-electron chi connectivity index (χ0n) is 16.6. The lowest BCUT2D eigenvalue weighted by Gasteiger charge is -2.39. The van der Waals surface area contributed by atoms with Gasteiger partial charge in [-0.15, -0.1) is 0 Å². The molecule has 0 aromatic rings. The molecule has 0 saturated heterocycles. The van der Waals surface area contributed by atoms with E-state index in [1.165, 1.54) is 26.4 Å². The largest absolute Gasteiger partial charge is 0.469 e. The van der Waals surface area contributed by atoms with Crippen LogP contribution in [0.4, 0.5) is 0 Å². The SMILES string of the molecule is CCC1CC(CC)C2C3CC(C(C(=O)OC)C3C(=O)OC(C)(C)C)C12. The average Bonchev–Trinajstić information content (AvgIpc) is 3.20. The molecule has 3 aliphatic carbocycles. The van der Waals surface area contributed by atoms with Gasteiger partial charge in [-0.3, -0.25) is 9.59 Å². The van der Waals surface area contributed by atoms with E-state index in [2.05, 4.69) is 13.8 Å². The van der Waals surface area contributed by atoms with E-state index in [0.29, 0.717) is 29.6 Å². The summed E-state index contributed by atoms with van der Waals surface area (Å²) in [7, 11) is 1.44. The van der Waals surface area contributed by atoms with Gasteiger partial charge in [0.25, 0.3) is 0 Å².